The first kappa shape index (κ1) is 11.1. The molecule has 0 spiro atoms. The molecule has 0 aliphatic heterocycles. The highest BCUT2D eigenvalue weighted by atomic mass is 32.2. The minimum Gasteiger partial charge on any atom is -0.294 e. The molecule has 0 aromatic carbocycles. The summed E-state index contributed by atoms with van der Waals surface area (Å²) in [7, 11) is 0. The van der Waals surface area contributed by atoms with Gasteiger partial charge in [-0.25, -0.2) is 8.93 Å². The first-order valence-corrected chi connectivity index (χ1v) is 6.24. The van der Waals surface area contributed by atoms with Gasteiger partial charge in [-0.1, -0.05) is 38.5 Å². The smallest absolute Gasteiger partial charge is 0.231 e. The maximum absolute atomic E-state index is 10.3. The summed E-state index contributed by atoms with van der Waals surface area (Å²) in [5.41, 5.74) is 0. The Bertz CT molecular complexity index is 156. The lowest BCUT2D eigenvalue weighted by atomic mass is 9.97. The van der Waals surface area contributed by atoms with Crippen molar-refractivity contribution in [1.82, 2.24) is 4.72 Å². The normalized spacial score (nSPS) is 22.5. The Morgan fingerprint density at radius 2 is 1.85 bits per heavy atom. The van der Waals surface area contributed by atoms with Crippen LogP contribution < -0.4 is 4.72 Å². The van der Waals surface area contributed by atoms with Crippen LogP contribution in [0.5, 0.6) is 0 Å². The van der Waals surface area contributed by atoms with Crippen LogP contribution in [0.1, 0.15) is 44.9 Å². The Hall–Kier alpha value is 0.0700. The number of hydrogen-bond donors (Lipinski definition) is 2. The van der Waals surface area contributed by atoms with Crippen molar-refractivity contribution in [3.05, 3.63) is 0 Å². The number of nitrogens with one attached hydrogen (secondary N) is 1. The van der Waals surface area contributed by atoms with Crippen LogP contribution in [0.15, 0.2) is 0 Å². The summed E-state index contributed by atoms with van der Waals surface area (Å²) >= 11 is -1.82. The molecule has 0 aromatic heterocycles. The molecule has 13 heavy (non-hydrogen) atoms. The standard InChI is InChI=1S/C9H19NO2S/c11-13(12)10-8-7-9-5-3-1-2-4-6-9/h9-10H,1-8H2,(H,11,12). The van der Waals surface area contributed by atoms with Gasteiger partial charge >= 0.3 is 0 Å². The molecule has 1 unspecified atom stereocenters. The second-order valence-electron chi connectivity index (χ2n) is 3.79. The van der Waals surface area contributed by atoms with Gasteiger partial charge in [-0.15, -0.1) is 0 Å². The molecule has 4 heteroatoms. The fraction of sp³-hybridized carbons (Fsp3) is 1.00. The van der Waals surface area contributed by atoms with E-state index < -0.39 is 11.3 Å². The molecule has 1 fully saturated rings. The molecular formula is C9H19NO2S. The molecule has 1 rings (SSSR count). The van der Waals surface area contributed by atoms with Crippen molar-refractivity contribution in [3.63, 3.8) is 0 Å². The highest BCUT2D eigenvalue weighted by Gasteiger charge is 2.11. The van der Waals surface area contributed by atoms with Crippen LogP contribution in [0.3, 0.4) is 0 Å². The maximum Gasteiger partial charge on any atom is 0.231 e. The van der Waals surface area contributed by atoms with Crippen molar-refractivity contribution < 1.29 is 8.76 Å². The van der Waals surface area contributed by atoms with Crippen LogP contribution in [-0.4, -0.2) is 15.3 Å². The third kappa shape index (κ3) is 5.39. The van der Waals surface area contributed by atoms with Crippen molar-refractivity contribution in [1.29, 1.82) is 0 Å². The van der Waals surface area contributed by atoms with Crippen LogP contribution in [0, 0.1) is 5.92 Å². The Kier molecular flexibility index (Phi) is 5.58. The van der Waals surface area contributed by atoms with E-state index in [2.05, 4.69) is 4.72 Å². The van der Waals surface area contributed by atoms with E-state index in [9.17, 15) is 4.21 Å². The first-order valence-electron chi connectivity index (χ1n) is 5.13. The quantitative estimate of drug-likeness (QED) is 0.545. The van der Waals surface area contributed by atoms with E-state index in [1.807, 2.05) is 0 Å². The van der Waals surface area contributed by atoms with Crippen molar-refractivity contribution in [2.75, 3.05) is 6.54 Å². The highest BCUT2D eigenvalue weighted by Crippen LogP contribution is 2.24. The van der Waals surface area contributed by atoms with Crippen molar-refractivity contribution in [2.24, 2.45) is 5.92 Å². The maximum atomic E-state index is 10.3. The summed E-state index contributed by atoms with van der Waals surface area (Å²) in [5.74, 6) is 0.776. The molecule has 78 valence electrons. The lowest BCUT2D eigenvalue weighted by Gasteiger charge is -2.12. The van der Waals surface area contributed by atoms with Crippen LogP contribution >= 0.6 is 0 Å². The van der Waals surface area contributed by atoms with Gasteiger partial charge in [0.15, 0.2) is 0 Å². The van der Waals surface area contributed by atoms with Gasteiger partial charge in [-0.3, -0.25) is 4.55 Å². The van der Waals surface area contributed by atoms with Gasteiger partial charge < -0.3 is 0 Å². The highest BCUT2D eigenvalue weighted by molar-refractivity contribution is 7.77. The summed E-state index contributed by atoms with van der Waals surface area (Å²) in [4.78, 5) is 0. The van der Waals surface area contributed by atoms with Crippen molar-refractivity contribution in [3.8, 4) is 0 Å². The largest absolute Gasteiger partial charge is 0.294 e. The molecule has 0 heterocycles. The summed E-state index contributed by atoms with van der Waals surface area (Å²) in [6.07, 6.45) is 9.08. The predicted molar refractivity (Wildman–Crippen MR) is 54.6 cm³/mol. The molecule has 0 saturated heterocycles. The Balaban J connectivity index is 2.08. The van der Waals surface area contributed by atoms with Gasteiger partial charge in [0, 0.05) is 6.54 Å². The summed E-state index contributed by atoms with van der Waals surface area (Å²) in [6, 6.07) is 0. The third-order valence-corrected chi connectivity index (χ3v) is 3.20. The van der Waals surface area contributed by atoms with Gasteiger partial charge in [0.1, 0.15) is 0 Å². The zero-order valence-corrected chi connectivity index (χ0v) is 8.81. The van der Waals surface area contributed by atoms with Gasteiger partial charge in [-0.2, -0.15) is 0 Å². The van der Waals surface area contributed by atoms with E-state index in [1.54, 1.807) is 0 Å². The number of rotatable bonds is 4. The van der Waals surface area contributed by atoms with E-state index in [-0.39, 0.29) is 0 Å². The van der Waals surface area contributed by atoms with E-state index in [0.29, 0.717) is 6.54 Å². The average molecular weight is 205 g/mol. The summed E-state index contributed by atoms with van der Waals surface area (Å²) in [6.45, 7) is 0.674. The fourth-order valence-corrected chi connectivity index (χ4v) is 2.30. The van der Waals surface area contributed by atoms with Gasteiger partial charge in [-0.05, 0) is 12.3 Å². The number of hydrogen-bond acceptors (Lipinski definition) is 1. The van der Waals surface area contributed by atoms with E-state index in [0.717, 1.165) is 12.3 Å². The zero-order valence-electron chi connectivity index (χ0n) is 8.00. The van der Waals surface area contributed by atoms with Crippen molar-refractivity contribution in [2.45, 2.75) is 44.9 Å². The van der Waals surface area contributed by atoms with E-state index in [4.69, 9.17) is 4.55 Å². The monoisotopic (exact) mass is 205 g/mol. The molecule has 1 aliphatic rings. The summed E-state index contributed by atoms with van der Waals surface area (Å²) < 4.78 is 21.3. The van der Waals surface area contributed by atoms with Crippen LogP contribution in [-0.2, 0) is 11.3 Å². The molecule has 0 amide bonds. The second-order valence-corrected chi connectivity index (χ2v) is 4.58. The first-order chi connectivity index (χ1) is 6.29. The minimum absolute atomic E-state index is 0.674. The van der Waals surface area contributed by atoms with Crippen LogP contribution in [0.2, 0.25) is 0 Å². The molecule has 0 radical (unpaired) electrons. The lowest BCUT2D eigenvalue weighted by molar-refractivity contribution is 0.425. The predicted octanol–water partition coefficient (Wildman–Crippen LogP) is 2.07. The molecule has 0 bridgehead atoms. The average Bonchev–Trinajstić information content (AvgIpc) is 2.32. The SMILES string of the molecule is O=S(O)NCCC1CCCCCC1. The molecule has 2 N–H and O–H groups in total. The minimum atomic E-state index is -1.82. The second kappa shape index (κ2) is 6.51. The topological polar surface area (TPSA) is 49.3 Å². The van der Waals surface area contributed by atoms with E-state index >= 15 is 0 Å². The molecular weight excluding hydrogens is 186 g/mol. The van der Waals surface area contributed by atoms with E-state index in [1.165, 1.54) is 38.5 Å². The Labute approximate surface area is 82.7 Å². The molecule has 3 nitrogen and oxygen atoms in total. The van der Waals surface area contributed by atoms with Gasteiger partial charge in [0.25, 0.3) is 0 Å². The molecule has 1 saturated carbocycles. The Morgan fingerprint density at radius 1 is 1.23 bits per heavy atom. The molecule has 1 aliphatic carbocycles. The van der Waals surface area contributed by atoms with Gasteiger partial charge in [0.2, 0.25) is 11.3 Å². The van der Waals surface area contributed by atoms with Crippen molar-refractivity contribution >= 4 is 11.3 Å². The fourth-order valence-electron chi connectivity index (χ4n) is 2.00. The molecule has 1 atom stereocenters. The third-order valence-electron chi connectivity index (χ3n) is 2.75. The Morgan fingerprint density at radius 3 is 2.38 bits per heavy atom. The van der Waals surface area contributed by atoms with Crippen LogP contribution in [0.4, 0.5) is 0 Å². The summed E-state index contributed by atoms with van der Waals surface area (Å²) in [5, 5.41) is 0. The molecule has 0 aromatic rings. The van der Waals surface area contributed by atoms with Gasteiger partial charge in [0.05, 0.1) is 0 Å². The zero-order chi connectivity index (χ0) is 9.52. The lowest BCUT2D eigenvalue weighted by Crippen LogP contribution is -2.19. The van der Waals surface area contributed by atoms with Crippen LogP contribution in [0.25, 0.3) is 0 Å².